The Hall–Kier alpha value is -1.08. The highest BCUT2D eigenvalue weighted by atomic mass is 16.5. The Labute approximate surface area is 247 Å². The van der Waals surface area contributed by atoms with Crippen LogP contribution in [0.1, 0.15) is 156 Å². The van der Waals surface area contributed by atoms with Gasteiger partial charge in [0.05, 0.1) is 26.4 Å². The lowest BCUT2D eigenvalue weighted by molar-refractivity contribution is 0.0558. The number of aliphatic hydroxyl groups is 4. The lowest BCUT2D eigenvalue weighted by Gasteiger charge is -2.16. The molecule has 0 aromatic rings. The van der Waals surface area contributed by atoms with Crippen LogP contribution < -0.4 is 0 Å². The normalized spacial score (nSPS) is 12.7. The first kappa shape index (κ1) is 38.9. The molecular formula is C34H66O6. The first-order valence-electron chi connectivity index (χ1n) is 16.5. The van der Waals surface area contributed by atoms with E-state index in [1.165, 1.54) is 103 Å². The van der Waals surface area contributed by atoms with Crippen LogP contribution in [-0.2, 0) is 9.47 Å². The fraction of sp³-hybridized carbons (Fsp3) is 0.882. The summed E-state index contributed by atoms with van der Waals surface area (Å²) >= 11 is 0. The Balaban J connectivity index is 3.33. The molecule has 40 heavy (non-hydrogen) atoms. The van der Waals surface area contributed by atoms with Crippen molar-refractivity contribution in [2.75, 3.05) is 26.4 Å². The molecule has 0 amide bonds. The summed E-state index contributed by atoms with van der Waals surface area (Å²) in [6, 6.07) is 0. The SMILES string of the molecule is CC(C)=C(OCCCCCCCCCCCCCCCCCCCCCCOC(=C(C)C)C(O)CO)C(O)CO. The Kier molecular flexibility index (Phi) is 27.3. The summed E-state index contributed by atoms with van der Waals surface area (Å²) in [5.41, 5.74) is 1.86. The number of ether oxygens (including phenoxy) is 2. The summed E-state index contributed by atoms with van der Waals surface area (Å²) in [7, 11) is 0. The molecule has 2 unspecified atom stereocenters. The molecule has 0 spiro atoms. The molecule has 2 atom stereocenters. The van der Waals surface area contributed by atoms with Gasteiger partial charge < -0.3 is 29.9 Å². The second-order valence-corrected chi connectivity index (χ2v) is 11.9. The molecule has 238 valence electrons. The molecule has 6 heteroatoms. The summed E-state index contributed by atoms with van der Waals surface area (Å²) in [5, 5.41) is 37.7. The van der Waals surface area contributed by atoms with Crippen LogP contribution in [0.4, 0.5) is 0 Å². The molecule has 0 aromatic carbocycles. The third kappa shape index (κ3) is 22.6. The number of allylic oxidation sites excluding steroid dienone is 2. The highest BCUT2D eigenvalue weighted by Gasteiger charge is 2.13. The van der Waals surface area contributed by atoms with Gasteiger partial charge in [0.2, 0.25) is 0 Å². The minimum Gasteiger partial charge on any atom is -0.495 e. The summed E-state index contributed by atoms with van der Waals surface area (Å²) < 4.78 is 11.3. The molecule has 0 bridgehead atoms. The van der Waals surface area contributed by atoms with Gasteiger partial charge in [-0.2, -0.15) is 0 Å². The van der Waals surface area contributed by atoms with Gasteiger partial charge in [0.1, 0.15) is 23.7 Å². The largest absolute Gasteiger partial charge is 0.495 e. The Bertz CT molecular complexity index is 568. The third-order valence-electron chi connectivity index (χ3n) is 7.49. The highest BCUT2D eigenvalue weighted by Crippen LogP contribution is 2.17. The Morgan fingerprint density at radius 1 is 0.400 bits per heavy atom. The summed E-state index contributed by atoms with van der Waals surface area (Å²) in [6.45, 7) is 8.26. The van der Waals surface area contributed by atoms with Crippen molar-refractivity contribution in [2.24, 2.45) is 0 Å². The molecule has 0 aliphatic heterocycles. The van der Waals surface area contributed by atoms with Crippen LogP contribution in [0.3, 0.4) is 0 Å². The first-order chi connectivity index (χ1) is 19.3. The molecule has 6 nitrogen and oxygen atoms in total. The summed E-state index contributed by atoms with van der Waals surface area (Å²) in [5.74, 6) is 1.06. The van der Waals surface area contributed by atoms with Crippen molar-refractivity contribution in [3.63, 3.8) is 0 Å². The predicted octanol–water partition coefficient (Wildman–Crippen LogP) is 8.12. The van der Waals surface area contributed by atoms with E-state index in [1.54, 1.807) is 0 Å². The standard InChI is InChI=1S/C34H66O6/c1-29(2)33(31(37)27-35)39-25-23-21-19-17-15-13-11-9-7-5-6-8-10-12-14-16-18-20-22-24-26-40-34(30(3)4)32(38)28-36/h31-32,35-38H,5-28H2,1-4H3. The Morgan fingerprint density at radius 2 is 0.600 bits per heavy atom. The van der Waals surface area contributed by atoms with Crippen LogP contribution in [0.15, 0.2) is 22.7 Å². The van der Waals surface area contributed by atoms with Crippen LogP contribution in [-0.4, -0.2) is 59.1 Å². The van der Waals surface area contributed by atoms with E-state index in [1.807, 2.05) is 27.7 Å². The molecule has 0 heterocycles. The van der Waals surface area contributed by atoms with E-state index in [-0.39, 0.29) is 13.2 Å². The highest BCUT2D eigenvalue weighted by molar-refractivity contribution is 5.08. The predicted molar refractivity (Wildman–Crippen MR) is 167 cm³/mol. The molecule has 0 fully saturated rings. The van der Waals surface area contributed by atoms with Gasteiger partial charge in [-0.15, -0.1) is 0 Å². The van der Waals surface area contributed by atoms with Crippen molar-refractivity contribution in [3.8, 4) is 0 Å². The maximum absolute atomic E-state index is 9.75. The van der Waals surface area contributed by atoms with Gasteiger partial charge in [0.15, 0.2) is 0 Å². The van der Waals surface area contributed by atoms with E-state index >= 15 is 0 Å². The van der Waals surface area contributed by atoms with Crippen LogP contribution in [0.5, 0.6) is 0 Å². The number of hydrogen-bond acceptors (Lipinski definition) is 6. The Morgan fingerprint density at radius 3 is 0.775 bits per heavy atom. The van der Waals surface area contributed by atoms with Crippen molar-refractivity contribution in [1.82, 2.24) is 0 Å². The molecule has 0 rings (SSSR count). The van der Waals surface area contributed by atoms with Crippen molar-refractivity contribution in [2.45, 2.75) is 168 Å². The second-order valence-electron chi connectivity index (χ2n) is 11.9. The lowest BCUT2D eigenvalue weighted by Crippen LogP contribution is -2.19. The van der Waals surface area contributed by atoms with Crippen LogP contribution in [0, 0.1) is 0 Å². The summed E-state index contributed by atoms with van der Waals surface area (Å²) in [6.07, 6.45) is 24.1. The van der Waals surface area contributed by atoms with Gasteiger partial charge in [-0.3, -0.25) is 0 Å². The van der Waals surface area contributed by atoms with Gasteiger partial charge >= 0.3 is 0 Å². The fourth-order valence-electron chi connectivity index (χ4n) is 5.06. The van der Waals surface area contributed by atoms with Crippen LogP contribution in [0.2, 0.25) is 0 Å². The molecule has 0 saturated carbocycles. The van der Waals surface area contributed by atoms with Gasteiger partial charge in [-0.05, 0) is 51.7 Å². The van der Waals surface area contributed by atoms with Crippen molar-refractivity contribution < 1.29 is 29.9 Å². The monoisotopic (exact) mass is 570 g/mol. The zero-order valence-corrected chi connectivity index (χ0v) is 26.7. The maximum Gasteiger partial charge on any atom is 0.134 e. The molecule has 4 N–H and O–H groups in total. The van der Waals surface area contributed by atoms with Crippen LogP contribution in [0.25, 0.3) is 0 Å². The quantitative estimate of drug-likeness (QED) is 0.0535. The zero-order chi connectivity index (χ0) is 29.8. The third-order valence-corrected chi connectivity index (χ3v) is 7.49. The van der Waals surface area contributed by atoms with E-state index in [2.05, 4.69) is 0 Å². The van der Waals surface area contributed by atoms with Crippen molar-refractivity contribution >= 4 is 0 Å². The summed E-state index contributed by atoms with van der Waals surface area (Å²) in [4.78, 5) is 0. The van der Waals surface area contributed by atoms with E-state index < -0.39 is 12.2 Å². The zero-order valence-electron chi connectivity index (χ0n) is 26.7. The smallest absolute Gasteiger partial charge is 0.134 e. The first-order valence-corrected chi connectivity index (χ1v) is 16.5. The number of rotatable bonds is 29. The van der Waals surface area contributed by atoms with E-state index in [4.69, 9.17) is 19.7 Å². The van der Waals surface area contributed by atoms with E-state index in [0.717, 1.165) is 36.8 Å². The molecule has 0 radical (unpaired) electrons. The topological polar surface area (TPSA) is 99.4 Å². The fourth-order valence-corrected chi connectivity index (χ4v) is 5.06. The lowest BCUT2D eigenvalue weighted by atomic mass is 10.0. The van der Waals surface area contributed by atoms with E-state index in [9.17, 15) is 10.2 Å². The van der Waals surface area contributed by atoms with Gasteiger partial charge in [0.25, 0.3) is 0 Å². The van der Waals surface area contributed by atoms with Crippen molar-refractivity contribution in [3.05, 3.63) is 22.7 Å². The molecule has 0 aliphatic carbocycles. The van der Waals surface area contributed by atoms with Gasteiger partial charge in [0, 0.05) is 0 Å². The molecule has 0 aromatic heterocycles. The molecular weight excluding hydrogens is 504 g/mol. The second kappa shape index (κ2) is 28.1. The number of hydrogen-bond donors (Lipinski definition) is 4. The number of unbranched alkanes of at least 4 members (excludes halogenated alkanes) is 19. The molecule has 0 aliphatic rings. The minimum atomic E-state index is -0.895. The van der Waals surface area contributed by atoms with Gasteiger partial charge in [-0.25, -0.2) is 0 Å². The van der Waals surface area contributed by atoms with E-state index in [0.29, 0.717) is 24.7 Å². The maximum atomic E-state index is 9.75. The van der Waals surface area contributed by atoms with Crippen LogP contribution >= 0.6 is 0 Å². The molecule has 0 saturated heterocycles. The van der Waals surface area contributed by atoms with Crippen molar-refractivity contribution in [1.29, 1.82) is 0 Å². The van der Waals surface area contributed by atoms with Gasteiger partial charge in [-0.1, -0.05) is 116 Å². The number of aliphatic hydroxyl groups excluding tert-OH is 4. The average Bonchev–Trinajstić information content (AvgIpc) is 2.93. The average molecular weight is 571 g/mol. The minimum absolute atomic E-state index is 0.291.